The van der Waals surface area contributed by atoms with Crippen LogP contribution in [0.2, 0.25) is 0 Å². The molecule has 2 atom stereocenters. The van der Waals surface area contributed by atoms with Crippen LogP contribution in [0.4, 0.5) is 10.1 Å². The molecule has 2 aromatic carbocycles. The van der Waals surface area contributed by atoms with Crippen molar-refractivity contribution in [2.24, 2.45) is 10.9 Å². The van der Waals surface area contributed by atoms with Crippen LogP contribution in [0.25, 0.3) is 0 Å². The van der Waals surface area contributed by atoms with Gasteiger partial charge in [0.05, 0.1) is 27.9 Å². The number of nitrogens with zero attached hydrogens (tertiary/aromatic N) is 3. The van der Waals surface area contributed by atoms with Crippen molar-refractivity contribution in [1.82, 2.24) is 10.2 Å². The third-order valence-electron chi connectivity index (χ3n) is 6.43. The van der Waals surface area contributed by atoms with Crippen molar-refractivity contribution in [2.75, 3.05) is 59.0 Å². The van der Waals surface area contributed by atoms with Crippen LogP contribution in [0.3, 0.4) is 0 Å². The van der Waals surface area contributed by atoms with E-state index < -0.39 is 23.8 Å². The summed E-state index contributed by atoms with van der Waals surface area (Å²) in [5.74, 6) is -1.09. The second kappa shape index (κ2) is 11.4. The molecular weight excluding hydrogens is 483 g/mol. The minimum Gasteiger partial charge on any atom is -0.493 e. The zero-order valence-electron chi connectivity index (χ0n) is 21.3. The summed E-state index contributed by atoms with van der Waals surface area (Å²) in [5.41, 5.74) is 1.47. The molecule has 0 spiro atoms. The zero-order chi connectivity index (χ0) is 26.5. The maximum atomic E-state index is 13.3. The van der Waals surface area contributed by atoms with E-state index in [1.807, 2.05) is 4.90 Å². The highest BCUT2D eigenvalue weighted by molar-refractivity contribution is 6.08. The van der Waals surface area contributed by atoms with E-state index in [1.54, 1.807) is 31.2 Å². The number of carbonyl (C=O) groups excluding carboxylic acids is 2. The fourth-order valence-corrected chi connectivity index (χ4v) is 4.57. The number of hydrogen-bond acceptors (Lipinski definition) is 9. The van der Waals surface area contributed by atoms with E-state index in [9.17, 15) is 14.0 Å². The first-order valence-electron chi connectivity index (χ1n) is 12.0. The molecule has 2 aliphatic rings. The molecule has 2 heterocycles. The van der Waals surface area contributed by atoms with Crippen molar-refractivity contribution in [3.63, 3.8) is 0 Å². The van der Waals surface area contributed by atoms with Gasteiger partial charge in [0.15, 0.2) is 17.4 Å². The number of methoxy groups -OCH3 is 3. The van der Waals surface area contributed by atoms with Crippen LogP contribution >= 0.6 is 0 Å². The number of guanidine groups is 1. The summed E-state index contributed by atoms with van der Waals surface area (Å²) in [4.78, 5) is 35.0. The topological polar surface area (TPSA) is 102 Å². The van der Waals surface area contributed by atoms with Gasteiger partial charge in [-0.2, -0.15) is 0 Å². The summed E-state index contributed by atoms with van der Waals surface area (Å²) in [6.07, 6.45) is 0. The lowest BCUT2D eigenvalue weighted by molar-refractivity contribution is -0.153. The molecule has 2 aromatic rings. The number of amides is 1. The highest BCUT2D eigenvalue weighted by atomic mass is 19.1. The number of nitrogens with one attached hydrogen (secondary N) is 1. The number of ether oxygens (including phenoxy) is 4. The van der Waals surface area contributed by atoms with Crippen LogP contribution in [0.5, 0.6) is 17.2 Å². The van der Waals surface area contributed by atoms with Gasteiger partial charge in [0.2, 0.25) is 17.6 Å². The molecule has 0 bridgehead atoms. The van der Waals surface area contributed by atoms with Crippen LogP contribution in [-0.4, -0.2) is 76.9 Å². The third-order valence-corrected chi connectivity index (χ3v) is 6.43. The molecule has 0 radical (unpaired) electrons. The van der Waals surface area contributed by atoms with Gasteiger partial charge in [0, 0.05) is 31.9 Å². The quantitative estimate of drug-likeness (QED) is 0.444. The predicted octanol–water partition coefficient (Wildman–Crippen LogP) is 2.38. The Morgan fingerprint density at radius 1 is 1.00 bits per heavy atom. The summed E-state index contributed by atoms with van der Waals surface area (Å²) in [7, 11) is 4.48. The van der Waals surface area contributed by atoms with E-state index in [1.165, 1.54) is 33.5 Å². The van der Waals surface area contributed by atoms with Crippen molar-refractivity contribution in [1.29, 1.82) is 0 Å². The Kier molecular flexibility index (Phi) is 8.00. The summed E-state index contributed by atoms with van der Waals surface area (Å²) in [6, 6.07) is 8.86. The fraction of sp³-hybridized carbons (Fsp3) is 0.423. The van der Waals surface area contributed by atoms with Crippen molar-refractivity contribution in [2.45, 2.75) is 13.0 Å². The average Bonchev–Trinajstić information content (AvgIpc) is 2.92. The van der Waals surface area contributed by atoms with Gasteiger partial charge in [0.1, 0.15) is 11.9 Å². The van der Waals surface area contributed by atoms with E-state index in [-0.39, 0.29) is 12.4 Å². The van der Waals surface area contributed by atoms with E-state index >= 15 is 0 Å². The zero-order valence-corrected chi connectivity index (χ0v) is 21.3. The monoisotopic (exact) mass is 514 g/mol. The number of hydrogen-bond donors (Lipinski definition) is 1. The maximum absolute atomic E-state index is 13.3. The Balaban J connectivity index is 1.65. The average molecular weight is 515 g/mol. The summed E-state index contributed by atoms with van der Waals surface area (Å²) in [6.45, 7) is 4.26. The predicted molar refractivity (Wildman–Crippen MR) is 135 cm³/mol. The number of aliphatic imine (C=N–C) groups is 1. The van der Waals surface area contributed by atoms with Gasteiger partial charge in [-0.05, 0) is 48.9 Å². The molecule has 0 unspecified atom stereocenters. The molecule has 4 rings (SSSR count). The minimum atomic E-state index is -1.19. The number of anilines is 1. The second-order valence-electron chi connectivity index (χ2n) is 8.53. The van der Waals surface area contributed by atoms with Crippen molar-refractivity contribution in [3.8, 4) is 17.2 Å². The maximum Gasteiger partial charge on any atom is 0.321 e. The highest BCUT2D eigenvalue weighted by Gasteiger charge is 2.43. The van der Waals surface area contributed by atoms with E-state index in [0.29, 0.717) is 55.0 Å². The molecule has 2 aliphatic heterocycles. The van der Waals surface area contributed by atoms with Crippen molar-refractivity contribution >= 4 is 23.5 Å². The van der Waals surface area contributed by atoms with Crippen LogP contribution in [0.1, 0.15) is 18.5 Å². The van der Waals surface area contributed by atoms with Gasteiger partial charge in [-0.15, -0.1) is 0 Å². The highest BCUT2D eigenvalue weighted by Crippen LogP contribution is 2.42. The number of esters is 1. The van der Waals surface area contributed by atoms with E-state index in [4.69, 9.17) is 23.9 Å². The molecule has 1 N–H and O–H groups in total. The van der Waals surface area contributed by atoms with Crippen LogP contribution < -0.4 is 24.4 Å². The van der Waals surface area contributed by atoms with Crippen LogP contribution in [0.15, 0.2) is 41.4 Å². The SMILES string of the molecule is CCOC(=O)[C@@H]1C(=O)NC(N2CCN(c3ccc(F)cc3)CC2)=N[C@H]1c1cc(OC)c(OC)c(OC)c1. The van der Waals surface area contributed by atoms with Crippen LogP contribution in [0, 0.1) is 11.7 Å². The number of halogens is 1. The molecule has 11 heteroatoms. The van der Waals surface area contributed by atoms with Gasteiger partial charge < -0.3 is 28.7 Å². The lowest BCUT2D eigenvalue weighted by Gasteiger charge is -2.39. The van der Waals surface area contributed by atoms with Gasteiger partial charge in [0.25, 0.3) is 0 Å². The lowest BCUT2D eigenvalue weighted by Crippen LogP contribution is -2.57. The normalized spacial score (nSPS) is 19.6. The Morgan fingerprint density at radius 2 is 1.59 bits per heavy atom. The van der Waals surface area contributed by atoms with Gasteiger partial charge in [-0.1, -0.05) is 0 Å². The smallest absolute Gasteiger partial charge is 0.321 e. The second-order valence-corrected chi connectivity index (χ2v) is 8.53. The van der Waals surface area contributed by atoms with Gasteiger partial charge in [-0.3, -0.25) is 14.9 Å². The summed E-state index contributed by atoms with van der Waals surface area (Å²) in [5, 5.41) is 2.80. The number of carbonyl (C=O) groups is 2. The molecule has 198 valence electrons. The lowest BCUT2D eigenvalue weighted by atomic mass is 9.90. The molecule has 1 saturated heterocycles. The number of piperazine rings is 1. The Bertz CT molecular complexity index is 1140. The Hall–Kier alpha value is -4.02. The molecular formula is C26H31FN4O6. The van der Waals surface area contributed by atoms with Crippen LogP contribution in [-0.2, 0) is 14.3 Å². The summed E-state index contributed by atoms with van der Waals surface area (Å²) >= 11 is 0. The Morgan fingerprint density at radius 3 is 2.14 bits per heavy atom. The molecule has 0 aliphatic carbocycles. The van der Waals surface area contributed by atoms with Gasteiger partial charge >= 0.3 is 5.97 Å². The van der Waals surface area contributed by atoms with Crippen molar-refractivity contribution < 1.29 is 32.9 Å². The Labute approximate surface area is 214 Å². The molecule has 10 nitrogen and oxygen atoms in total. The van der Waals surface area contributed by atoms with Crippen molar-refractivity contribution in [3.05, 3.63) is 47.8 Å². The first kappa shape index (κ1) is 26.1. The number of rotatable bonds is 7. The standard InChI is InChI=1S/C26H31FN4O6/c1-5-37-25(33)21-22(16-14-19(34-2)23(36-4)20(15-16)35-3)28-26(29-24(21)32)31-12-10-30(11-13-31)18-8-6-17(27)7-9-18/h6-9,14-15,21-22H,5,10-13H2,1-4H3,(H,28,29,32)/t21-,22-/m0/s1. The molecule has 37 heavy (non-hydrogen) atoms. The third kappa shape index (κ3) is 5.40. The minimum absolute atomic E-state index is 0.131. The first-order valence-corrected chi connectivity index (χ1v) is 12.0. The molecule has 0 aromatic heterocycles. The van der Waals surface area contributed by atoms with E-state index in [2.05, 4.69) is 10.2 Å². The van der Waals surface area contributed by atoms with Gasteiger partial charge in [-0.25, -0.2) is 9.38 Å². The fourth-order valence-electron chi connectivity index (χ4n) is 4.57. The molecule has 0 saturated carbocycles. The number of benzene rings is 2. The molecule has 1 amide bonds. The first-order chi connectivity index (χ1) is 17.9. The van der Waals surface area contributed by atoms with E-state index in [0.717, 1.165) is 5.69 Å². The molecule has 1 fully saturated rings. The largest absolute Gasteiger partial charge is 0.493 e. The summed E-state index contributed by atoms with van der Waals surface area (Å²) < 4.78 is 34.9.